The van der Waals surface area contributed by atoms with Crippen LogP contribution in [-0.2, 0) is 0 Å². The second-order valence-electron chi connectivity index (χ2n) is 5.42. The molecule has 0 radical (unpaired) electrons. The number of halogens is 2. The molecule has 1 heterocycles. The summed E-state index contributed by atoms with van der Waals surface area (Å²) >= 11 is 0. The lowest BCUT2D eigenvalue weighted by molar-refractivity contribution is 0.0777. The molecule has 2 aromatic rings. The van der Waals surface area contributed by atoms with Gasteiger partial charge in [0, 0.05) is 17.5 Å². The standard InChI is InChI=1S/C18H16F2N2O3/c1-24-16-6-4-11(10-17(16)25-2)15-7-8-22(21-15)18(23)12-3-5-13(19)14(20)9-12/h3-6,9-10H,7-8H2,1-2H3. The summed E-state index contributed by atoms with van der Waals surface area (Å²) in [5.74, 6) is -1.37. The molecule has 0 saturated heterocycles. The highest BCUT2D eigenvalue weighted by Gasteiger charge is 2.24. The molecular formula is C18H16F2N2O3. The maximum atomic E-state index is 13.3. The van der Waals surface area contributed by atoms with Crippen LogP contribution in [-0.4, -0.2) is 37.4 Å². The zero-order chi connectivity index (χ0) is 18.0. The van der Waals surface area contributed by atoms with Crippen LogP contribution in [0.15, 0.2) is 41.5 Å². The van der Waals surface area contributed by atoms with Crippen LogP contribution in [0.3, 0.4) is 0 Å². The minimum Gasteiger partial charge on any atom is -0.493 e. The Hall–Kier alpha value is -2.96. The number of carbonyl (C=O) groups excluding carboxylic acids is 1. The van der Waals surface area contributed by atoms with Gasteiger partial charge in [0.2, 0.25) is 0 Å². The van der Waals surface area contributed by atoms with Crippen LogP contribution in [0.25, 0.3) is 0 Å². The number of hydrazone groups is 1. The SMILES string of the molecule is COc1ccc(C2=NN(C(=O)c3ccc(F)c(F)c3)CC2)cc1OC. The van der Waals surface area contributed by atoms with E-state index in [0.29, 0.717) is 30.2 Å². The van der Waals surface area contributed by atoms with Gasteiger partial charge in [-0.2, -0.15) is 5.10 Å². The van der Waals surface area contributed by atoms with Gasteiger partial charge in [-0.25, -0.2) is 13.8 Å². The summed E-state index contributed by atoms with van der Waals surface area (Å²) in [5.41, 5.74) is 1.56. The molecule has 0 N–H and O–H groups in total. The van der Waals surface area contributed by atoms with Gasteiger partial charge in [0.15, 0.2) is 23.1 Å². The van der Waals surface area contributed by atoms with Crippen molar-refractivity contribution in [3.8, 4) is 11.5 Å². The average molecular weight is 346 g/mol. The predicted octanol–water partition coefficient (Wildman–Crippen LogP) is 3.23. The molecule has 0 spiro atoms. The predicted molar refractivity (Wildman–Crippen MR) is 88.1 cm³/mol. The molecule has 0 aromatic heterocycles. The van der Waals surface area contributed by atoms with E-state index < -0.39 is 17.5 Å². The second kappa shape index (κ2) is 6.88. The Bertz CT molecular complexity index is 852. The van der Waals surface area contributed by atoms with Gasteiger partial charge in [-0.1, -0.05) is 0 Å². The summed E-state index contributed by atoms with van der Waals surface area (Å²) in [6, 6.07) is 8.41. The van der Waals surface area contributed by atoms with Crippen molar-refractivity contribution < 1.29 is 23.0 Å². The molecule has 1 aliphatic heterocycles. The van der Waals surface area contributed by atoms with Gasteiger partial charge in [-0.3, -0.25) is 4.79 Å². The Kier molecular flexibility index (Phi) is 4.65. The molecule has 0 bridgehead atoms. The Morgan fingerprint density at radius 1 is 1.04 bits per heavy atom. The normalized spacial score (nSPS) is 13.6. The fourth-order valence-corrected chi connectivity index (χ4v) is 2.60. The molecule has 7 heteroatoms. The summed E-state index contributed by atoms with van der Waals surface area (Å²) in [5, 5.41) is 5.55. The van der Waals surface area contributed by atoms with Crippen molar-refractivity contribution >= 4 is 11.6 Å². The van der Waals surface area contributed by atoms with E-state index in [1.807, 2.05) is 6.07 Å². The highest BCUT2D eigenvalue weighted by molar-refractivity contribution is 6.04. The van der Waals surface area contributed by atoms with Crippen LogP contribution < -0.4 is 9.47 Å². The number of methoxy groups -OCH3 is 2. The fourth-order valence-electron chi connectivity index (χ4n) is 2.60. The quantitative estimate of drug-likeness (QED) is 0.854. The third kappa shape index (κ3) is 3.31. The van der Waals surface area contributed by atoms with Crippen LogP contribution in [0.1, 0.15) is 22.3 Å². The van der Waals surface area contributed by atoms with Crippen molar-refractivity contribution in [2.45, 2.75) is 6.42 Å². The van der Waals surface area contributed by atoms with Crippen molar-refractivity contribution in [2.24, 2.45) is 5.10 Å². The summed E-state index contributed by atoms with van der Waals surface area (Å²) in [6.07, 6.45) is 0.547. The molecule has 25 heavy (non-hydrogen) atoms. The Balaban J connectivity index is 1.84. The summed E-state index contributed by atoms with van der Waals surface area (Å²) in [6.45, 7) is 0.363. The molecular weight excluding hydrogens is 330 g/mol. The van der Waals surface area contributed by atoms with Crippen molar-refractivity contribution in [2.75, 3.05) is 20.8 Å². The van der Waals surface area contributed by atoms with E-state index >= 15 is 0 Å². The summed E-state index contributed by atoms with van der Waals surface area (Å²) in [4.78, 5) is 12.4. The lowest BCUT2D eigenvalue weighted by Crippen LogP contribution is -2.23. The van der Waals surface area contributed by atoms with E-state index in [9.17, 15) is 13.6 Å². The zero-order valence-electron chi connectivity index (χ0n) is 13.8. The minimum absolute atomic E-state index is 0.0520. The topological polar surface area (TPSA) is 51.1 Å². The number of ether oxygens (including phenoxy) is 2. The van der Waals surface area contributed by atoms with Crippen molar-refractivity contribution in [3.63, 3.8) is 0 Å². The summed E-state index contributed by atoms with van der Waals surface area (Å²) in [7, 11) is 3.09. The largest absolute Gasteiger partial charge is 0.493 e. The average Bonchev–Trinajstić information content (AvgIpc) is 3.12. The van der Waals surface area contributed by atoms with Crippen LogP contribution >= 0.6 is 0 Å². The first-order valence-electron chi connectivity index (χ1n) is 7.60. The third-order valence-electron chi connectivity index (χ3n) is 3.92. The van der Waals surface area contributed by atoms with Gasteiger partial charge in [0.25, 0.3) is 5.91 Å². The first-order valence-corrected chi connectivity index (χ1v) is 7.60. The molecule has 1 amide bonds. The van der Waals surface area contributed by atoms with Gasteiger partial charge in [0.05, 0.1) is 26.5 Å². The number of benzene rings is 2. The van der Waals surface area contributed by atoms with E-state index in [-0.39, 0.29) is 5.56 Å². The first kappa shape index (κ1) is 16.9. The zero-order valence-corrected chi connectivity index (χ0v) is 13.8. The van der Waals surface area contributed by atoms with Crippen molar-refractivity contribution in [3.05, 3.63) is 59.2 Å². The molecule has 0 atom stereocenters. The number of amides is 1. The minimum atomic E-state index is -1.06. The van der Waals surface area contributed by atoms with Crippen LogP contribution in [0.2, 0.25) is 0 Å². The van der Waals surface area contributed by atoms with E-state index in [2.05, 4.69) is 5.10 Å². The Morgan fingerprint density at radius 3 is 2.48 bits per heavy atom. The monoisotopic (exact) mass is 346 g/mol. The van der Waals surface area contributed by atoms with E-state index in [0.717, 1.165) is 17.7 Å². The Labute approximate surface area is 143 Å². The molecule has 0 fully saturated rings. The maximum Gasteiger partial charge on any atom is 0.274 e. The number of hydrogen-bond donors (Lipinski definition) is 0. The summed E-state index contributed by atoms with van der Waals surface area (Å²) < 4.78 is 36.8. The van der Waals surface area contributed by atoms with Gasteiger partial charge in [0.1, 0.15) is 0 Å². The molecule has 5 nitrogen and oxygen atoms in total. The Morgan fingerprint density at radius 2 is 1.80 bits per heavy atom. The smallest absolute Gasteiger partial charge is 0.274 e. The molecule has 0 aliphatic carbocycles. The molecule has 0 unspecified atom stereocenters. The molecule has 2 aromatic carbocycles. The maximum absolute atomic E-state index is 13.3. The van der Waals surface area contributed by atoms with Crippen LogP contribution in [0.5, 0.6) is 11.5 Å². The molecule has 0 saturated carbocycles. The fraction of sp³-hybridized carbons (Fsp3) is 0.222. The van der Waals surface area contributed by atoms with E-state index in [4.69, 9.17) is 9.47 Å². The van der Waals surface area contributed by atoms with E-state index in [1.54, 1.807) is 19.2 Å². The highest BCUT2D eigenvalue weighted by Crippen LogP contribution is 2.29. The number of rotatable bonds is 4. The van der Waals surface area contributed by atoms with Crippen LogP contribution in [0, 0.1) is 11.6 Å². The van der Waals surface area contributed by atoms with E-state index in [1.165, 1.54) is 18.2 Å². The molecule has 1 aliphatic rings. The van der Waals surface area contributed by atoms with Gasteiger partial charge in [-0.05, 0) is 36.4 Å². The lowest BCUT2D eigenvalue weighted by Gasteiger charge is -2.11. The lowest BCUT2D eigenvalue weighted by atomic mass is 10.1. The second-order valence-corrected chi connectivity index (χ2v) is 5.42. The molecule has 3 rings (SSSR count). The highest BCUT2D eigenvalue weighted by atomic mass is 19.2. The first-order chi connectivity index (χ1) is 12.0. The third-order valence-corrected chi connectivity index (χ3v) is 3.92. The number of carbonyl (C=O) groups is 1. The van der Waals surface area contributed by atoms with Gasteiger partial charge in [-0.15, -0.1) is 0 Å². The van der Waals surface area contributed by atoms with Gasteiger partial charge < -0.3 is 9.47 Å². The number of nitrogens with zero attached hydrogens (tertiary/aromatic N) is 2. The van der Waals surface area contributed by atoms with Crippen molar-refractivity contribution in [1.82, 2.24) is 5.01 Å². The number of hydrogen-bond acceptors (Lipinski definition) is 4. The van der Waals surface area contributed by atoms with Gasteiger partial charge >= 0.3 is 0 Å². The molecule has 130 valence electrons. The van der Waals surface area contributed by atoms with Crippen molar-refractivity contribution in [1.29, 1.82) is 0 Å². The van der Waals surface area contributed by atoms with Crippen LogP contribution in [0.4, 0.5) is 8.78 Å².